The summed E-state index contributed by atoms with van der Waals surface area (Å²) in [6.45, 7) is 10.8. The Balaban J connectivity index is 0.903. The van der Waals surface area contributed by atoms with E-state index >= 15 is 0 Å². The number of hydrogen-bond donors (Lipinski definition) is 3. The molecule has 0 unspecified atom stereocenters. The van der Waals surface area contributed by atoms with Gasteiger partial charge in [0.2, 0.25) is 0 Å². The van der Waals surface area contributed by atoms with Crippen LogP contribution in [0.1, 0.15) is 75.2 Å². The molecule has 8 rings (SSSR count). The van der Waals surface area contributed by atoms with Crippen LogP contribution in [-0.2, 0) is 14.8 Å². The lowest BCUT2D eigenvalue weighted by Crippen LogP contribution is -2.58. The summed E-state index contributed by atoms with van der Waals surface area (Å²) in [6, 6.07) is 19.8. The Morgan fingerprint density at radius 2 is 1.70 bits per heavy atom. The first-order valence-electron chi connectivity index (χ1n) is 19.0. The third-order valence-corrected chi connectivity index (χ3v) is 13.8. The Bertz CT molecular complexity index is 1950. The second-order valence-corrected chi connectivity index (χ2v) is 17.7. The van der Waals surface area contributed by atoms with Crippen LogP contribution in [0.3, 0.4) is 0 Å². The molecule has 2 bridgehead atoms. The van der Waals surface area contributed by atoms with Crippen molar-refractivity contribution in [1.82, 2.24) is 4.72 Å². The molecular formula is C41H51N5O6S. The van der Waals surface area contributed by atoms with Crippen molar-refractivity contribution in [3.8, 4) is 0 Å². The van der Waals surface area contributed by atoms with Crippen molar-refractivity contribution >= 4 is 44.8 Å². The molecule has 0 aromatic heterocycles. The zero-order valence-corrected chi connectivity index (χ0v) is 31.7. The first kappa shape index (κ1) is 36.9. The molecular weight excluding hydrogens is 691 g/mol. The zero-order valence-electron chi connectivity index (χ0n) is 30.8. The van der Waals surface area contributed by atoms with Crippen LogP contribution in [0.2, 0.25) is 0 Å². The van der Waals surface area contributed by atoms with Crippen LogP contribution in [0.25, 0.3) is 6.08 Å². The van der Waals surface area contributed by atoms with Gasteiger partial charge in [-0.3, -0.25) is 14.9 Å². The number of fused-ring (bicyclic) bond motifs is 2. The molecule has 5 aliphatic rings. The molecule has 3 N–H and O–H groups in total. The summed E-state index contributed by atoms with van der Waals surface area (Å²) in [6.07, 6.45) is 8.48. The number of anilines is 3. The lowest BCUT2D eigenvalue weighted by atomic mass is 9.45. The quantitative estimate of drug-likeness (QED) is 0.133. The van der Waals surface area contributed by atoms with E-state index in [0.717, 1.165) is 62.4 Å². The average Bonchev–Trinajstić information content (AvgIpc) is 3.15. The number of rotatable bonds is 11. The monoisotopic (exact) mass is 741 g/mol. The highest BCUT2D eigenvalue weighted by Gasteiger charge is 2.56. The molecule has 3 saturated carbocycles. The number of carbonyl (C=O) groups is 1. The zero-order chi connectivity index (χ0) is 37.3. The van der Waals surface area contributed by atoms with E-state index in [0.29, 0.717) is 43.1 Å². The number of sulfonamides is 1. The average molecular weight is 742 g/mol. The Labute approximate surface area is 312 Å². The smallest absolute Gasteiger partial charge is 0.293 e. The number of amides is 1. The number of nitrogens with one attached hydrogen (secondary N) is 3. The van der Waals surface area contributed by atoms with Gasteiger partial charge in [-0.15, -0.1) is 0 Å². The first-order chi connectivity index (χ1) is 25.4. The topological polar surface area (TPSA) is 143 Å². The van der Waals surface area contributed by atoms with Gasteiger partial charge < -0.3 is 20.3 Å². The Kier molecular flexibility index (Phi) is 10.5. The fourth-order valence-corrected chi connectivity index (χ4v) is 9.90. The van der Waals surface area contributed by atoms with Crippen LogP contribution in [0.15, 0.2) is 77.2 Å². The normalized spacial score (nSPS) is 24.1. The number of hydrogen-bond acceptors (Lipinski definition) is 9. The standard InChI is InChI=1S/C41H51N5O6S/c1-27-36-23-32(41(36,2)3)24-38(27)43-33-8-4-28(5-9-33)22-29-14-18-45(19-15-29)34-10-6-31(7-11-34)40(47)44-53(50,51)35-12-13-37(39(25-35)46(48)49)42-26-30-16-20-52-21-17-30/h4-13,22,25,27,30,32,36,38,42-43H,14-21,23-24,26H2,1-3H3,(H,44,47)/t27-,32+,36+,38+/m1/s1. The van der Waals surface area contributed by atoms with Gasteiger partial charge in [0.1, 0.15) is 5.69 Å². The second kappa shape index (κ2) is 15.1. The second-order valence-electron chi connectivity index (χ2n) is 16.0. The van der Waals surface area contributed by atoms with Gasteiger partial charge in [-0.2, -0.15) is 0 Å². The number of nitrogens with zero attached hydrogens (tertiary/aromatic N) is 2. The van der Waals surface area contributed by atoms with E-state index in [1.165, 1.54) is 41.8 Å². The largest absolute Gasteiger partial charge is 0.382 e. The highest BCUT2D eigenvalue weighted by molar-refractivity contribution is 7.90. The molecule has 1 amide bonds. The molecule has 5 fully saturated rings. The molecule has 2 saturated heterocycles. The maximum Gasteiger partial charge on any atom is 0.293 e. The van der Waals surface area contributed by atoms with Gasteiger partial charge in [0.25, 0.3) is 21.6 Å². The summed E-state index contributed by atoms with van der Waals surface area (Å²) in [4.78, 5) is 26.1. The summed E-state index contributed by atoms with van der Waals surface area (Å²) in [7, 11) is -4.36. The van der Waals surface area contributed by atoms with Gasteiger partial charge in [-0.1, -0.05) is 44.6 Å². The number of carbonyl (C=O) groups excluding carboxylic acids is 1. The highest BCUT2D eigenvalue weighted by atomic mass is 32.2. The molecule has 3 aliphatic carbocycles. The van der Waals surface area contributed by atoms with Crippen molar-refractivity contribution in [3.05, 3.63) is 93.5 Å². The minimum Gasteiger partial charge on any atom is -0.382 e. The van der Waals surface area contributed by atoms with Crippen molar-refractivity contribution in [3.63, 3.8) is 0 Å². The van der Waals surface area contributed by atoms with Crippen molar-refractivity contribution < 1.29 is 22.9 Å². The minimum absolute atomic E-state index is 0.177. The summed E-state index contributed by atoms with van der Waals surface area (Å²) < 4.78 is 33.7. The molecule has 2 heterocycles. The first-order valence-corrected chi connectivity index (χ1v) is 20.4. The summed E-state index contributed by atoms with van der Waals surface area (Å²) >= 11 is 0. The number of ether oxygens (including phenoxy) is 1. The van der Waals surface area contributed by atoms with Crippen molar-refractivity contribution in [1.29, 1.82) is 0 Å². The third kappa shape index (κ3) is 8.08. The van der Waals surface area contributed by atoms with Crippen LogP contribution in [0, 0.1) is 39.2 Å². The van der Waals surface area contributed by atoms with Crippen LogP contribution >= 0.6 is 0 Å². The molecule has 53 heavy (non-hydrogen) atoms. The number of piperidine rings is 1. The minimum atomic E-state index is -4.36. The van der Waals surface area contributed by atoms with Crippen molar-refractivity contribution in [2.45, 2.75) is 70.2 Å². The number of nitro groups is 1. The van der Waals surface area contributed by atoms with Gasteiger partial charge in [-0.05, 0) is 122 Å². The number of nitro benzene ring substituents is 1. The van der Waals surface area contributed by atoms with Crippen LogP contribution in [0.5, 0.6) is 0 Å². The Morgan fingerprint density at radius 1 is 1.00 bits per heavy atom. The molecule has 11 nitrogen and oxygen atoms in total. The van der Waals surface area contributed by atoms with E-state index in [1.807, 2.05) is 12.1 Å². The highest BCUT2D eigenvalue weighted by Crippen LogP contribution is 2.61. The van der Waals surface area contributed by atoms with E-state index < -0.39 is 20.9 Å². The molecule has 4 atom stereocenters. The predicted molar refractivity (Wildman–Crippen MR) is 209 cm³/mol. The maximum atomic E-state index is 13.1. The van der Waals surface area contributed by atoms with Crippen LogP contribution < -0.4 is 20.3 Å². The van der Waals surface area contributed by atoms with Gasteiger partial charge in [0.15, 0.2) is 0 Å². The third-order valence-electron chi connectivity index (χ3n) is 12.5. The fourth-order valence-electron chi connectivity index (χ4n) is 8.91. The van der Waals surface area contributed by atoms with E-state index in [4.69, 9.17) is 4.74 Å². The molecule has 12 heteroatoms. The lowest BCUT2D eigenvalue weighted by molar-refractivity contribution is -0.384. The molecule has 0 spiro atoms. The molecule has 0 radical (unpaired) electrons. The molecule has 3 aromatic rings. The van der Waals surface area contributed by atoms with Gasteiger partial charge in [-0.25, -0.2) is 13.1 Å². The summed E-state index contributed by atoms with van der Waals surface area (Å²) in [5, 5.41) is 18.7. The lowest BCUT2D eigenvalue weighted by Gasteiger charge is -2.62. The maximum absolute atomic E-state index is 13.1. The number of benzene rings is 3. The molecule has 2 aliphatic heterocycles. The summed E-state index contributed by atoms with van der Waals surface area (Å²) in [5.74, 6) is 1.83. The van der Waals surface area contributed by atoms with Crippen molar-refractivity contribution in [2.24, 2.45) is 29.1 Å². The van der Waals surface area contributed by atoms with Gasteiger partial charge in [0.05, 0.1) is 9.82 Å². The van der Waals surface area contributed by atoms with Crippen LogP contribution in [-0.4, -0.2) is 58.1 Å². The van der Waals surface area contributed by atoms with Crippen LogP contribution in [0.4, 0.5) is 22.7 Å². The van der Waals surface area contributed by atoms with Gasteiger partial charge in [0, 0.05) is 61.9 Å². The SMILES string of the molecule is C[C@H]1[C@@H](Nc2ccc(C=C3CCN(c4ccc(C(=O)NS(=O)(=O)c5ccc(NCC6CCOCC6)c([N+](=O)[O-])c5)cc4)CC3)cc2)C[C@@H]2C[C@@H]1C2(C)C. The Morgan fingerprint density at radius 3 is 2.34 bits per heavy atom. The predicted octanol–water partition coefficient (Wildman–Crippen LogP) is 7.72. The van der Waals surface area contributed by atoms with E-state index in [9.17, 15) is 23.3 Å². The fraction of sp³-hybridized carbons (Fsp3) is 0.488. The summed E-state index contributed by atoms with van der Waals surface area (Å²) in [5.41, 5.74) is 5.28. The van der Waals surface area contributed by atoms with Gasteiger partial charge >= 0.3 is 0 Å². The molecule has 3 aromatic carbocycles. The van der Waals surface area contributed by atoms with E-state index in [2.05, 4.69) is 71.4 Å². The Hall–Kier alpha value is -4.42. The van der Waals surface area contributed by atoms with E-state index in [1.54, 1.807) is 12.1 Å². The van der Waals surface area contributed by atoms with Crippen molar-refractivity contribution in [2.75, 3.05) is 48.4 Å². The molecule has 282 valence electrons. The van der Waals surface area contributed by atoms with E-state index in [-0.39, 0.29) is 21.8 Å².